The molecule has 0 bridgehead atoms. The summed E-state index contributed by atoms with van der Waals surface area (Å²) in [5, 5.41) is 33.0. The predicted molar refractivity (Wildman–Crippen MR) is 110 cm³/mol. The molecule has 0 heterocycles. The average molecular weight is 409 g/mol. The fraction of sp³-hybridized carbons (Fsp3) is 0.958. The Morgan fingerprint density at radius 2 is 1.79 bits per heavy atom. The van der Waals surface area contributed by atoms with E-state index in [2.05, 4.69) is 20.8 Å². The Morgan fingerprint density at radius 1 is 1.07 bits per heavy atom. The van der Waals surface area contributed by atoms with Crippen LogP contribution in [0, 0.1) is 46.3 Å². The number of fused-ring (bicyclic) bond motifs is 5. The third kappa shape index (κ3) is 3.18. The van der Waals surface area contributed by atoms with Crippen molar-refractivity contribution in [3.05, 3.63) is 0 Å². The van der Waals surface area contributed by atoms with Crippen molar-refractivity contribution in [3.63, 3.8) is 0 Å². The van der Waals surface area contributed by atoms with Crippen molar-refractivity contribution in [2.75, 3.05) is 7.11 Å². The van der Waals surface area contributed by atoms with Crippen LogP contribution in [0.2, 0.25) is 0 Å². The van der Waals surface area contributed by atoms with Crippen LogP contribution < -0.4 is 0 Å². The lowest BCUT2D eigenvalue weighted by molar-refractivity contribution is -0.207. The molecule has 0 radical (unpaired) electrons. The highest BCUT2D eigenvalue weighted by Gasteiger charge is 2.65. The van der Waals surface area contributed by atoms with Crippen LogP contribution in [0.5, 0.6) is 0 Å². The van der Waals surface area contributed by atoms with E-state index in [-0.39, 0.29) is 46.8 Å². The third-order valence-corrected chi connectivity index (χ3v) is 10.2. The number of esters is 1. The Bertz CT molecular complexity index is 637. The van der Waals surface area contributed by atoms with E-state index in [4.69, 9.17) is 4.74 Å². The van der Waals surface area contributed by atoms with E-state index in [0.717, 1.165) is 44.9 Å². The second kappa shape index (κ2) is 7.49. The van der Waals surface area contributed by atoms with Gasteiger partial charge in [-0.05, 0) is 91.3 Å². The highest BCUT2D eigenvalue weighted by atomic mass is 16.5. The van der Waals surface area contributed by atoms with Crippen molar-refractivity contribution in [3.8, 4) is 0 Å². The molecule has 4 fully saturated rings. The van der Waals surface area contributed by atoms with E-state index < -0.39 is 6.10 Å². The molecular weight excluding hydrogens is 368 g/mol. The van der Waals surface area contributed by atoms with E-state index in [1.807, 2.05) is 0 Å². The maximum Gasteiger partial charge on any atom is 0.305 e. The monoisotopic (exact) mass is 408 g/mol. The fourth-order valence-electron chi connectivity index (χ4n) is 8.62. The first-order chi connectivity index (χ1) is 13.6. The summed E-state index contributed by atoms with van der Waals surface area (Å²) >= 11 is 0. The molecule has 0 aromatic heterocycles. The van der Waals surface area contributed by atoms with Crippen LogP contribution >= 0.6 is 0 Å². The minimum Gasteiger partial charge on any atom is -0.469 e. The van der Waals surface area contributed by atoms with Crippen molar-refractivity contribution in [1.82, 2.24) is 0 Å². The maximum absolute atomic E-state index is 11.9. The largest absolute Gasteiger partial charge is 0.469 e. The van der Waals surface area contributed by atoms with Gasteiger partial charge in [0.25, 0.3) is 0 Å². The van der Waals surface area contributed by atoms with Gasteiger partial charge in [0.05, 0.1) is 25.4 Å². The molecule has 0 unspecified atom stereocenters. The molecule has 11 atom stereocenters. The molecule has 0 aromatic rings. The van der Waals surface area contributed by atoms with Gasteiger partial charge in [-0.1, -0.05) is 20.8 Å². The van der Waals surface area contributed by atoms with Gasteiger partial charge in [-0.15, -0.1) is 0 Å². The Balaban J connectivity index is 1.62. The number of hydrogen-bond acceptors (Lipinski definition) is 5. The van der Waals surface area contributed by atoms with Crippen molar-refractivity contribution < 1.29 is 24.9 Å². The normalized spacial score (nSPS) is 52.8. The molecule has 0 saturated heterocycles. The molecule has 166 valence electrons. The van der Waals surface area contributed by atoms with Crippen molar-refractivity contribution >= 4 is 5.97 Å². The van der Waals surface area contributed by atoms with E-state index in [0.29, 0.717) is 24.2 Å². The topological polar surface area (TPSA) is 87.0 Å². The van der Waals surface area contributed by atoms with Gasteiger partial charge in [0, 0.05) is 6.42 Å². The molecule has 0 aliphatic heterocycles. The van der Waals surface area contributed by atoms with Gasteiger partial charge in [-0.25, -0.2) is 0 Å². The van der Waals surface area contributed by atoms with Crippen LogP contribution in [-0.2, 0) is 9.53 Å². The molecule has 4 rings (SSSR count). The molecule has 4 aliphatic carbocycles. The molecule has 5 nitrogen and oxygen atoms in total. The average Bonchev–Trinajstić information content (AvgIpc) is 3.02. The third-order valence-electron chi connectivity index (χ3n) is 10.2. The summed E-state index contributed by atoms with van der Waals surface area (Å²) in [6.07, 6.45) is 5.54. The minimum atomic E-state index is -0.407. The Labute approximate surface area is 175 Å². The van der Waals surface area contributed by atoms with E-state index in [1.165, 1.54) is 7.11 Å². The Morgan fingerprint density at radius 3 is 2.48 bits per heavy atom. The second-order valence-corrected chi connectivity index (χ2v) is 11.3. The van der Waals surface area contributed by atoms with Crippen molar-refractivity contribution in [2.24, 2.45) is 46.3 Å². The molecule has 4 aliphatic rings. The first-order valence-corrected chi connectivity index (χ1v) is 11.7. The molecule has 0 amide bonds. The minimum absolute atomic E-state index is 0.0984. The molecule has 5 heteroatoms. The van der Waals surface area contributed by atoms with Crippen LogP contribution in [0.1, 0.15) is 72.1 Å². The first-order valence-electron chi connectivity index (χ1n) is 11.7. The van der Waals surface area contributed by atoms with Gasteiger partial charge in [0.2, 0.25) is 0 Å². The van der Waals surface area contributed by atoms with Crippen molar-refractivity contribution in [1.29, 1.82) is 0 Å². The lowest BCUT2D eigenvalue weighted by atomic mass is 9.43. The van der Waals surface area contributed by atoms with E-state index in [9.17, 15) is 20.1 Å². The second-order valence-electron chi connectivity index (χ2n) is 11.3. The van der Waals surface area contributed by atoms with Crippen LogP contribution in [-0.4, -0.2) is 46.7 Å². The van der Waals surface area contributed by atoms with Crippen molar-refractivity contribution in [2.45, 2.75) is 90.4 Å². The van der Waals surface area contributed by atoms with Gasteiger partial charge >= 0.3 is 5.97 Å². The maximum atomic E-state index is 11.9. The zero-order valence-electron chi connectivity index (χ0n) is 18.5. The van der Waals surface area contributed by atoms with Crippen LogP contribution in [0.3, 0.4) is 0 Å². The molecular formula is C24H40O5. The Kier molecular flexibility index (Phi) is 5.57. The predicted octanol–water partition coefficient (Wildman–Crippen LogP) is 3.15. The SMILES string of the molecule is COC(=O)C[C@@H](C)[C@@H]1CC[C@@H]2[C@H]3[C@H](O)C[C@H]4C[C@@H](O)CC[C@]4(C)[C@@H]3C[C@@H](O)[C@]21C. The summed E-state index contributed by atoms with van der Waals surface area (Å²) in [6, 6.07) is 0. The highest BCUT2D eigenvalue weighted by Crippen LogP contribution is 2.68. The van der Waals surface area contributed by atoms with Gasteiger partial charge in [0.1, 0.15) is 0 Å². The fourth-order valence-corrected chi connectivity index (χ4v) is 8.62. The molecule has 29 heavy (non-hydrogen) atoms. The highest BCUT2D eigenvalue weighted by molar-refractivity contribution is 5.69. The zero-order chi connectivity index (χ0) is 21.1. The van der Waals surface area contributed by atoms with Gasteiger partial charge in [-0.2, -0.15) is 0 Å². The van der Waals surface area contributed by atoms with Crippen LogP contribution in [0.25, 0.3) is 0 Å². The summed E-state index contributed by atoms with van der Waals surface area (Å²) in [6.45, 7) is 6.69. The first kappa shape index (κ1) is 21.6. The summed E-state index contributed by atoms with van der Waals surface area (Å²) < 4.78 is 4.90. The summed E-state index contributed by atoms with van der Waals surface area (Å²) in [7, 11) is 1.44. The smallest absolute Gasteiger partial charge is 0.305 e. The molecule has 3 N–H and O–H groups in total. The van der Waals surface area contributed by atoms with Crippen LogP contribution in [0.4, 0.5) is 0 Å². The Hall–Kier alpha value is -0.650. The summed E-state index contributed by atoms with van der Waals surface area (Å²) in [5.74, 6) is 1.42. The molecule has 0 spiro atoms. The van der Waals surface area contributed by atoms with E-state index >= 15 is 0 Å². The van der Waals surface area contributed by atoms with E-state index in [1.54, 1.807) is 0 Å². The molecule has 4 saturated carbocycles. The number of aliphatic hydroxyl groups excluding tert-OH is 3. The number of rotatable bonds is 3. The molecule has 0 aromatic carbocycles. The quantitative estimate of drug-likeness (QED) is 0.625. The number of hydrogen-bond donors (Lipinski definition) is 3. The lowest BCUT2D eigenvalue weighted by Gasteiger charge is -2.63. The van der Waals surface area contributed by atoms with Gasteiger partial charge < -0.3 is 20.1 Å². The van der Waals surface area contributed by atoms with Crippen LogP contribution in [0.15, 0.2) is 0 Å². The lowest BCUT2D eigenvalue weighted by Crippen LogP contribution is -2.62. The zero-order valence-corrected chi connectivity index (χ0v) is 18.5. The number of aliphatic hydroxyl groups is 3. The number of carbonyl (C=O) groups is 1. The number of ether oxygens (including phenoxy) is 1. The van der Waals surface area contributed by atoms with Gasteiger partial charge in [-0.3, -0.25) is 4.79 Å². The summed E-state index contributed by atoms with van der Waals surface area (Å²) in [4.78, 5) is 11.9. The number of methoxy groups -OCH3 is 1. The van der Waals surface area contributed by atoms with Gasteiger partial charge in [0.15, 0.2) is 0 Å². The standard InChI is InChI=1S/C24H40O5/c1-13(9-21(28)29-4)16-5-6-17-22-18(12-20(27)24(16,17)3)23(2)8-7-15(25)10-14(23)11-19(22)26/h13-20,22,25-27H,5-12H2,1-4H3/t13-,14-,15+,16+,17-,18-,19-,20-,22-,23+,24+/m1/s1. The summed E-state index contributed by atoms with van der Waals surface area (Å²) in [5.41, 5.74) is -0.159. The number of carbonyl (C=O) groups excluding carboxylic acids is 1.